The number of nitrogens with zero attached hydrogens (tertiary/aromatic N) is 5. The number of nitrogens with one attached hydrogen (secondary N) is 1. The van der Waals surface area contributed by atoms with Gasteiger partial charge in [0.2, 0.25) is 0 Å². The lowest BCUT2D eigenvalue weighted by Crippen LogP contribution is -2.36. The van der Waals surface area contributed by atoms with Crippen molar-refractivity contribution >= 4 is 28.0 Å². The van der Waals surface area contributed by atoms with Crippen LogP contribution in [0.5, 0.6) is 0 Å². The highest BCUT2D eigenvalue weighted by molar-refractivity contribution is 5.97. The van der Waals surface area contributed by atoms with Gasteiger partial charge in [0, 0.05) is 35.7 Å². The van der Waals surface area contributed by atoms with Gasteiger partial charge in [-0.3, -0.25) is 10.1 Å². The Kier molecular flexibility index (Phi) is 5.37. The highest BCUT2D eigenvalue weighted by Crippen LogP contribution is 2.42. The molecule has 5 rings (SSSR count). The lowest BCUT2D eigenvalue weighted by atomic mass is 9.76. The second kappa shape index (κ2) is 8.50. The second-order valence-electron chi connectivity index (χ2n) is 8.19. The van der Waals surface area contributed by atoms with Crippen LogP contribution in [0.1, 0.15) is 24.0 Å². The summed E-state index contributed by atoms with van der Waals surface area (Å²) in [6, 6.07) is 15.2. The highest BCUT2D eigenvalue weighted by Gasteiger charge is 2.35. The van der Waals surface area contributed by atoms with Gasteiger partial charge in [-0.05, 0) is 36.8 Å². The molecule has 164 valence electrons. The Morgan fingerprint density at radius 1 is 1.15 bits per heavy atom. The summed E-state index contributed by atoms with van der Waals surface area (Å²) >= 11 is 0. The minimum absolute atomic E-state index is 0.355. The van der Waals surface area contributed by atoms with Crippen LogP contribution in [0.3, 0.4) is 0 Å². The summed E-state index contributed by atoms with van der Waals surface area (Å²) < 4.78 is 20.5. The van der Waals surface area contributed by atoms with Gasteiger partial charge in [0.25, 0.3) is 0 Å². The SMILES string of the molecule is CC1=NC(c2ccc(N3CCOCC3)c(F)c2)=C(C#N)C(c2ccc3[nH]ncc3c2)C1C#N. The van der Waals surface area contributed by atoms with Gasteiger partial charge in [-0.1, -0.05) is 12.1 Å². The van der Waals surface area contributed by atoms with Crippen LogP contribution in [0, 0.1) is 34.4 Å². The summed E-state index contributed by atoms with van der Waals surface area (Å²) in [5.41, 5.74) is 4.09. The van der Waals surface area contributed by atoms with Crippen molar-refractivity contribution in [2.24, 2.45) is 10.9 Å². The molecule has 33 heavy (non-hydrogen) atoms. The molecule has 1 N–H and O–H groups in total. The molecular weight excluding hydrogens is 419 g/mol. The molecular formula is C25H21FN6O. The summed E-state index contributed by atoms with van der Waals surface area (Å²) in [6.45, 7) is 4.16. The number of benzene rings is 2. The van der Waals surface area contributed by atoms with Gasteiger partial charge in [0.15, 0.2) is 0 Å². The Hall–Kier alpha value is -4.01. The number of fused-ring (bicyclic) bond motifs is 1. The quantitative estimate of drug-likeness (QED) is 0.659. The van der Waals surface area contributed by atoms with Crippen LogP contribution in [-0.4, -0.2) is 42.2 Å². The first kappa shape index (κ1) is 20.9. The minimum Gasteiger partial charge on any atom is -0.378 e. The molecule has 2 unspecified atom stereocenters. The van der Waals surface area contributed by atoms with Crippen LogP contribution >= 0.6 is 0 Å². The summed E-state index contributed by atoms with van der Waals surface area (Å²) in [4.78, 5) is 6.55. The fourth-order valence-corrected chi connectivity index (χ4v) is 4.60. The van der Waals surface area contributed by atoms with E-state index in [1.54, 1.807) is 25.3 Å². The number of morpholine rings is 1. The minimum atomic E-state index is -0.592. The lowest BCUT2D eigenvalue weighted by Gasteiger charge is -2.30. The molecule has 1 saturated heterocycles. The first-order valence-electron chi connectivity index (χ1n) is 10.8. The average molecular weight is 440 g/mol. The number of allylic oxidation sites excluding steroid dienone is 1. The molecule has 0 aliphatic carbocycles. The molecule has 3 aromatic rings. The molecule has 0 radical (unpaired) electrons. The Labute approximate surface area is 190 Å². The molecule has 7 nitrogen and oxygen atoms in total. The van der Waals surface area contributed by atoms with E-state index in [0.717, 1.165) is 16.5 Å². The third-order valence-corrected chi connectivity index (χ3v) is 6.29. The van der Waals surface area contributed by atoms with Crippen LogP contribution in [-0.2, 0) is 4.74 Å². The second-order valence-corrected chi connectivity index (χ2v) is 8.19. The van der Waals surface area contributed by atoms with Gasteiger partial charge in [0.1, 0.15) is 5.82 Å². The largest absolute Gasteiger partial charge is 0.378 e. The first-order chi connectivity index (χ1) is 16.1. The molecule has 0 amide bonds. The Morgan fingerprint density at radius 3 is 2.70 bits per heavy atom. The number of nitriles is 2. The van der Waals surface area contributed by atoms with E-state index >= 15 is 4.39 Å². The van der Waals surface area contributed by atoms with Crippen LogP contribution < -0.4 is 4.90 Å². The van der Waals surface area contributed by atoms with Crippen molar-refractivity contribution in [1.29, 1.82) is 10.5 Å². The zero-order valence-corrected chi connectivity index (χ0v) is 18.0. The van der Waals surface area contributed by atoms with E-state index in [1.165, 1.54) is 6.07 Å². The van der Waals surface area contributed by atoms with Gasteiger partial charge in [-0.15, -0.1) is 0 Å². The number of aromatic nitrogens is 2. The number of rotatable bonds is 3. The maximum atomic E-state index is 15.1. The zero-order valence-electron chi connectivity index (χ0n) is 18.0. The number of aromatic amines is 1. The molecule has 2 aromatic carbocycles. The van der Waals surface area contributed by atoms with Crippen molar-refractivity contribution in [3.8, 4) is 12.1 Å². The normalized spacial score (nSPS) is 21.0. The molecule has 8 heteroatoms. The van der Waals surface area contributed by atoms with Gasteiger partial charge < -0.3 is 9.64 Å². The van der Waals surface area contributed by atoms with E-state index in [1.807, 2.05) is 23.1 Å². The smallest absolute Gasteiger partial charge is 0.147 e. The number of aliphatic imine (C=N–C) groups is 1. The van der Waals surface area contributed by atoms with Crippen LogP contribution in [0.15, 0.2) is 53.2 Å². The highest BCUT2D eigenvalue weighted by atomic mass is 19.1. The van der Waals surface area contributed by atoms with E-state index in [-0.39, 0.29) is 5.82 Å². The van der Waals surface area contributed by atoms with Crippen molar-refractivity contribution in [2.75, 3.05) is 31.2 Å². The molecule has 0 bridgehead atoms. The zero-order chi connectivity index (χ0) is 22.9. The fourth-order valence-electron chi connectivity index (χ4n) is 4.60. The van der Waals surface area contributed by atoms with Crippen LogP contribution in [0.25, 0.3) is 16.6 Å². The van der Waals surface area contributed by atoms with E-state index in [0.29, 0.717) is 54.5 Å². The third kappa shape index (κ3) is 3.65. The Bertz CT molecular complexity index is 1370. The Morgan fingerprint density at radius 2 is 1.97 bits per heavy atom. The molecule has 1 fully saturated rings. The standard InChI is InChI=1S/C25H21FN6O/c1-15-19(12-27)24(16-2-4-22-18(10-16)14-29-31-22)20(13-28)25(30-15)17-3-5-23(21(26)11-17)32-6-8-33-9-7-32/h2-5,10-11,14,19,24H,6-9H2,1H3,(H,29,31). The maximum Gasteiger partial charge on any atom is 0.147 e. The summed E-state index contributed by atoms with van der Waals surface area (Å²) in [6.07, 6.45) is 1.71. The number of hydrogen-bond acceptors (Lipinski definition) is 6. The maximum absolute atomic E-state index is 15.1. The lowest BCUT2D eigenvalue weighted by molar-refractivity contribution is 0.122. The van der Waals surface area contributed by atoms with Crippen molar-refractivity contribution in [1.82, 2.24) is 10.2 Å². The molecule has 2 aliphatic rings. The molecule has 2 aliphatic heterocycles. The number of halogens is 1. The molecule has 1 aromatic heterocycles. The predicted octanol–water partition coefficient (Wildman–Crippen LogP) is 4.17. The van der Waals surface area contributed by atoms with Gasteiger partial charge in [-0.2, -0.15) is 15.6 Å². The van der Waals surface area contributed by atoms with E-state index in [9.17, 15) is 10.5 Å². The number of anilines is 1. The fraction of sp³-hybridized carbons (Fsp3) is 0.280. The number of hydrogen-bond donors (Lipinski definition) is 1. The van der Waals surface area contributed by atoms with Crippen LogP contribution in [0.4, 0.5) is 10.1 Å². The number of H-pyrrole nitrogens is 1. The van der Waals surface area contributed by atoms with Crippen molar-refractivity contribution in [2.45, 2.75) is 12.8 Å². The average Bonchev–Trinajstić information content (AvgIpc) is 3.31. The molecule has 0 saturated carbocycles. The monoisotopic (exact) mass is 440 g/mol. The van der Waals surface area contributed by atoms with Crippen LogP contribution in [0.2, 0.25) is 0 Å². The van der Waals surface area contributed by atoms with Crippen molar-refractivity contribution in [3.63, 3.8) is 0 Å². The van der Waals surface area contributed by atoms with Gasteiger partial charge in [-0.25, -0.2) is 4.39 Å². The predicted molar refractivity (Wildman–Crippen MR) is 123 cm³/mol. The summed E-state index contributed by atoms with van der Waals surface area (Å²) in [5, 5.41) is 27.9. The van der Waals surface area contributed by atoms with E-state index < -0.39 is 11.8 Å². The van der Waals surface area contributed by atoms with E-state index in [4.69, 9.17) is 4.74 Å². The van der Waals surface area contributed by atoms with Gasteiger partial charge in [0.05, 0.1) is 59.9 Å². The molecule has 3 heterocycles. The molecule has 0 spiro atoms. The number of ether oxygens (including phenoxy) is 1. The summed E-state index contributed by atoms with van der Waals surface area (Å²) in [7, 11) is 0. The Balaban J connectivity index is 1.61. The molecule has 2 atom stereocenters. The van der Waals surface area contributed by atoms with Gasteiger partial charge >= 0.3 is 0 Å². The first-order valence-corrected chi connectivity index (χ1v) is 10.8. The van der Waals surface area contributed by atoms with E-state index in [2.05, 4.69) is 27.3 Å². The van der Waals surface area contributed by atoms with Crippen molar-refractivity contribution in [3.05, 3.63) is 65.1 Å². The topological polar surface area (TPSA) is 101 Å². The summed E-state index contributed by atoms with van der Waals surface area (Å²) in [5.74, 6) is -1.47. The van der Waals surface area contributed by atoms with Crippen molar-refractivity contribution < 1.29 is 9.13 Å². The third-order valence-electron chi connectivity index (χ3n) is 6.29.